The number of carbonyl (C=O) groups excluding carboxylic acids is 1. The Bertz CT molecular complexity index is 963. The Morgan fingerprint density at radius 1 is 1.17 bits per heavy atom. The third-order valence-electron chi connectivity index (χ3n) is 4.43. The highest BCUT2D eigenvalue weighted by atomic mass is 16.5. The monoisotopic (exact) mass is 406 g/mol. The molecule has 0 saturated heterocycles. The van der Waals surface area contributed by atoms with Crippen molar-refractivity contribution in [2.24, 2.45) is 0 Å². The van der Waals surface area contributed by atoms with Crippen LogP contribution in [0.1, 0.15) is 28.4 Å². The number of aromatic nitrogens is 2. The van der Waals surface area contributed by atoms with Crippen molar-refractivity contribution in [3.05, 3.63) is 89.5 Å². The van der Waals surface area contributed by atoms with E-state index in [9.17, 15) is 4.79 Å². The fourth-order valence-electron chi connectivity index (χ4n) is 2.98. The molecule has 0 unspecified atom stereocenters. The van der Waals surface area contributed by atoms with Crippen LogP contribution in [0.4, 0.5) is 0 Å². The van der Waals surface area contributed by atoms with E-state index in [-0.39, 0.29) is 5.97 Å². The van der Waals surface area contributed by atoms with Crippen LogP contribution in [0, 0.1) is 0 Å². The van der Waals surface area contributed by atoms with Gasteiger partial charge in [0.2, 0.25) is 0 Å². The molecule has 0 aliphatic heterocycles. The standard InChI is InChI=1S/C24H26N2O4/c1-3-30-24(27)22-6-4-5-20(14-22)13-21(15-26-12-11-25-18-26)17-29-16-19-7-9-23(28-2)10-8-19/h4-14,18H,3,15-17H2,1-2H3. The predicted octanol–water partition coefficient (Wildman–Crippen LogP) is 4.37. The van der Waals surface area contributed by atoms with Gasteiger partial charge in [-0.3, -0.25) is 0 Å². The number of esters is 1. The van der Waals surface area contributed by atoms with E-state index < -0.39 is 0 Å². The number of hydrogen-bond donors (Lipinski definition) is 0. The van der Waals surface area contributed by atoms with Crippen LogP contribution in [-0.2, 0) is 22.6 Å². The Kier molecular flexibility index (Phi) is 7.80. The molecule has 6 heteroatoms. The summed E-state index contributed by atoms with van der Waals surface area (Å²) in [5.74, 6) is 0.501. The summed E-state index contributed by atoms with van der Waals surface area (Å²) < 4.78 is 18.2. The SMILES string of the molecule is CCOC(=O)c1cccc(C=C(COCc2ccc(OC)cc2)Cn2ccnc2)c1. The lowest BCUT2D eigenvalue weighted by Gasteiger charge is -2.11. The number of ether oxygens (including phenoxy) is 3. The molecule has 6 nitrogen and oxygen atoms in total. The first-order valence-electron chi connectivity index (χ1n) is 9.81. The number of nitrogens with zero attached hydrogens (tertiary/aromatic N) is 2. The Balaban J connectivity index is 1.71. The van der Waals surface area contributed by atoms with Crippen molar-refractivity contribution in [3.8, 4) is 5.75 Å². The normalized spacial score (nSPS) is 11.3. The van der Waals surface area contributed by atoms with E-state index in [1.807, 2.05) is 59.3 Å². The highest BCUT2D eigenvalue weighted by Gasteiger charge is 2.07. The molecule has 0 N–H and O–H groups in total. The zero-order valence-electron chi connectivity index (χ0n) is 17.3. The molecule has 2 aromatic carbocycles. The molecule has 0 atom stereocenters. The van der Waals surface area contributed by atoms with Crippen LogP contribution in [0.3, 0.4) is 0 Å². The molecular weight excluding hydrogens is 380 g/mol. The Hall–Kier alpha value is -3.38. The smallest absolute Gasteiger partial charge is 0.338 e. The fourth-order valence-corrected chi connectivity index (χ4v) is 2.98. The lowest BCUT2D eigenvalue weighted by molar-refractivity contribution is 0.0526. The minimum atomic E-state index is -0.320. The van der Waals surface area contributed by atoms with Crippen molar-refractivity contribution in [3.63, 3.8) is 0 Å². The van der Waals surface area contributed by atoms with Crippen LogP contribution in [0.5, 0.6) is 5.75 Å². The molecule has 0 amide bonds. The predicted molar refractivity (Wildman–Crippen MR) is 115 cm³/mol. The third kappa shape index (κ3) is 6.32. The molecule has 0 radical (unpaired) electrons. The first-order valence-corrected chi connectivity index (χ1v) is 9.81. The van der Waals surface area contributed by atoms with E-state index in [0.29, 0.717) is 31.9 Å². The summed E-state index contributed by atoms with van der Waals surface area (Å²) >= 11 is 0. The van der Waals surface area contributed by atoms with Gasteiger partial charge in [0.25, 0.3) is 0 Å². The summed E-state index contributed by atoms with van der Waals surface area (Å²) in [7, 11) is 1.65. The van der Waals surface area contributed by atoms with Crippen molar-refractivity contribution in [1.82, 2.24) is 9.55 Å². The summed E-state index contributed by atoms with van der Waals surface area (Å²) in [5.41, 5.74) is 3.58. The van der Waals surface area contributed by atoms with Crippen molar-refractivity contribution >= 4 is 12.0 Å². The number of rotatable bonds is 10. The molecule has 1 aromatic heterocycles. The van der Waals surface area contributed by atoms with Gasteiger partial charge in [0.1, 0.15) is 5.75 Å². The molecule has 3 rings (SSSR count). The lowest BCUT2D eigenvalue weighted by atomic mass is 10.1. The van der Waals surface area contributed by atoms with Gasteiger partial charge in [-0.05, 0) is 47.9 Å². The van der Waals surface area contributed by atoms with Crippen molar-refractivity contribution in [2.45, 2.75) is 20.1 Å². The van der Waals surface area contributed by atoms with E-state index in [4.69, 9.17) is 14.2 Å². The summed E-state index contributed by atoms with van der Waals surface area (Å²) in [6.45, 7) is 3.74. The minimum Gasteiger partial charge on any atom is -0.497 e. The molecule has 3 aromatic rings. The molecule has 0 bridgehead atoms. The van der Waals surface area contributed by atoms with E-state index in [1.165, 1.54) is 0 Å². The zero-order chi connectivity index (χ0) is 21.2. The fraction of sp³-hybridized carbons (Fsp3) is 0.250. The zero-order valence-corrected chi connectivity index (χ0v) is 17.3. The highest BCUT2D eigenvalue weighted by molar-refractivity contribution is 5.90. The van der Waals surface area contributed by atoms with Gasteiger partial charge in [-0.1, -0.05) is 30.3 Å². The topological polar surface area (TPSA) is 62.6 Å². The third-order valence-corrected chi connectivity index (χ3v) is 4.43. The molecule has 156 valence electrons. The van der Waals surface area contributed by atoms with Crippen LogP contribution < -0.4 is 4.74 Å². The van der Waals surface area contributed by atoms with Gasteiger partial charge in [0.05, 0.1) is 38.8 Å². The van der Waals surface area contributed by atoms with Crippen LogP contribution >= 0.6 is 0 Å². The molecule has 0 saturated carbocycles. The molecular formula is C24H26N2O4. The maximum Gasteiger partial charge on any atom is 0.338 e. The minimum absolute atomic E-state index is 0.320. The molecule has 0 fully saturated rings. The van der Waals surface area contributed by atoms with Crippen LogP contribution in [-0.4, -0.2) is 35.8 Å². The molecule has 1 heterocycles. The highest BCUT2D eigenvalue weighted by Crippen LogP contribution is 2.15. The Morgan fingerprint density at radius 3 is 2.70 bits per heavy atom. The second-order valence-electron chi connectivity index (χ2n) is 6.72. The van der Waals surface area contributed by atoms with Crippen LogP contribution in [0.25, 0.3) is 6.08 Å². The number of imidazole rings is 1. The second kappa shape index (κ2) is 11.0. The second-order valence-corrected chi connectivity index (χ2v) is 6.72. The molecule has 30 heavy (non-hydrogen) atoms. The number of methoxy groups -OCH3 is 1. The average Bonchev–Trinajstić information content (AvgIpc) is 3.27. The van der Waals surface area contributed by atoms with Gasteiger partial charge in [0, 0.05) is 18.9 Å². The summed E-state index contributed by atoms with van der Waals surface area (Å²) in [5, 5.41) is 0. The first kappa shape index (κ1) is 21.3. The Labute approximate surface area is 176 Å². The lowest BCUT2D eigenvalue weighted by Crippen LogP contribution is -2.07. The Morgan fingerprint density at radius 2 is 2.00 bits per heavy atom. The van der Waals surface area contributed by atoms with E-state index in [1.54, 1.807) is 32.6 Å². The van der Waals surface area contributed by atoms with Crippen LogP contribution in [0.15, 0.2) is 72.8 Å². The molecule has 0 spiro atoms. The van der Waals surface area contributed by atoms with Gasteiger partial charge in [-0.2, -0.15) is 0 Å². The quantitative estimate of drug-likeness (QED) is 0.468. The summed E-state index contributed by atoms with van der Waals surface area (Å²) in [4.78, 5) is 16.1. The largest absolute Gasteiger partial charge is 0.497 e. The summed E-state index contributed by atoms with van der Waals surface area (Å²) in [6, 6.07) is 15.2. The van der Waals surface area contributed by atoms with Crippen molar-refractivity contribution in [2.75, 3.05) is 20.3 Å². The number of hydrogen-bond acceptors (Lipinski definition) is 5. The molecule has 0 aliphatic rings. The first-order chi connectivity index (χ1) is 14.7. The van der Waals surface area contributed by atoms with E-state index in [2.05, 4.69) is 4.98 Å². The van der Waals surface area contributed by atoms with Gasteiger partial charge < -0.3 is 18.8 Å². The van der Waals surface area contributed by atoms with Gasteiger partial charge in [-0.15, -0.1) is 0 Å². The maximum absolute atomic E-state index is 12.0. The van der Waals surface area contributed by atoms with Crippen molar-refractivity contribution in [1.29, 1.82) is 0 Å². The van der Waals surface area contributed by atoms with Gasteiger partial charge in [0.15, 0.2) is 0 Å². The molecule has 0 aliphatic carbocycles. The average molecular weight is 406 g/mol. The van der Waals surface area contributed by atoms with Crippen molar-refractivity contribution < 1.29 is 19.0 Å². The van der Waals surface area contributed by atoms with E-state index >= 15 is 0 Å². The van der Waals surface area contributed by atoms with E-state index in [0.717, 1.165) is 22.4 Å². The maximum atomic E-state index is 12.0. The number of carbonyl (C=O) groups is 1. The van der Waals surface area contributed by atoms with Gasteiger partial charge in [-0.25, -0.2) is 9.78 Å². The summed E-state index contributed by atoms with van der Waals surface area (Å²) in [6.07, 6.45) is 7.46. The van der Waals surface area contributed by atoms with Gasteiger partial charge >= 0.3 is 5.97 Å². The number of benzene rings is 2. The van der Waals surface area contributed by atoms with Crippen LogP contribution in [0.2, 0.25) is 0 Å².